The lowest BCUT2D eigenvalue weighted by Crippen LogP contribution is -2.44. The van der Waals surface area contributed by atoms with Crippen molar-refractivity contribution in [3.63, 3.8) is 0 Å². The Morgan fingerprint density at radius 3 is 1.77 bits per heavy atom. The fraction of sp³-hybridized carbons (Fsp3) is 1.00. The van der Waals surface area contributed by atoms with Gasteiger partial charge in [-0.15, -0.1) is 0 Å². The van der Waals surface area contributed by atoms with E-state index in [1.165, 1.54) is 13.8 Å². The minimum Gasteiger partial charge on any atom is -0.243 e. The molecule has 0 rings (SSSR count). The van der Waals surface area contributed by atoms with Crippen molar-refractivity contribution in [1.29, 1.82) is 0 Å². The monoisotopic (exact) mass is 211 g/mol. The molecule has 0 bridgehead atoms. The molecule has 0 saturated carbocycles. The zero-order chi connectivity index (χ0) is 10.9. The van der Waals surface area contributed by atoms with Gasteiger partial charge in [0.15, 0.2) is 0 Å². The Balaban J connectivity index is 4.40. The number of halogens is 1. The van der Waals surface area contributed by atoms with Crippen molar-refractivity contribution in [3.8, 4) is 0 Å². The van der Waals surface area contributed by atoms with Crippen LogP contribution in [0.4, 0.5) is 4.39 Å². The summed E-state index contributed by atoms with van der Waals surface area (Å²) >= 11 is 0. The third-order valence-electron chi connectivity index (χ3n) is 1.49. The second-order valence-corrected chi connectivity index (χ2v) is 7.18. The average molecular weight is 211 g/mol. The number of alkyl halides is 1. The van der Waals surface area contributed by atoms with Gasteiger partial charge >= 0.3 is 0 Å². The van der Waals surface area contributed by atoms with Crippen LogP contribution in [0.2, 0.25) is 0 Å². The van der Waals surface area contributed by atoms with Crippen molar-refractivity contribution in [2.45, 2.75) is 45.0 Å². The normalized spacial score (nSPS) is 14.6. The van der Waals surface area contributed by atoms with E-state index in [9.17, 15) is 12.8 Å². The summed E-state index contributed by atoms with van der Waals surface area (Å²) in [5, 5.41) is 0. The Bertz CT molecular complexity index is 259. The Morgan fingerprint density at radius 1 is 1.15 bits per heavy atom. The molecule has 0 saturated heterocycles. The molecule has 0 unspecified atom stereocenters. The molecule has 0 aliphatic heterocycles. The van der Waals surface area contributed by atoms with Gasteiger partial charge in [-0.25, -0.2) is 17.5 Å². The van der Waals surface area contributed by atoms with E-state index < -0.39 is 20.4 Å². The second-order valence-electron chi connectivity index (χ2n) is 4.66. The van der Waals surface area contributed by atoms with Crippen molar-refractivity contribution in [3.05, 3.63) is 0 Å². The number of hydrogen-bond donors (Lipinski definition) is 1. The lowest BCUT2D eigenvalue weighted by atomic mass is 10.2. The van der Waals surface area contributed by atoms with Gasteiger partial charge in [0.05, 0.1) is 4.75 Å². The van der Waals surface area contributed by atoms with Gasteiger partial charge in [0, 0.05) is 6.54 Å². The molecule has 0 spiro atoms. The van der Waals surface area contributed by atoms with Gasteiger partial charge in [0.1, 0.15) is 5.67 Å². The van der Waals surface area contributed by atoms with Crippen LogP contribution in [0.15, 0.2) is 0 Å². The Hall–Kier alpha value is -0.160. The molecule has 0 aromatic rings. The SMILES string of the molecule is CC(C)(F)CNS(=O)(=O)C(C)(C)C. The van der Waals surface area contributed by atoms with E-state index in [1.54, 1.807) is 20.8 Å². The van der Waals surface area contributed by atoms with E-state index in [0.29, 0.717) is 0 Å². The van der Waals surface area contributed by atoms with E-state index in [1.807, 2.05) is 0 Å². The summed E-state index contributed by atoms with van der Waals surface area (Å²) in [6, 6.07) is 0. The highest BCUT2D eigenvalue weighted by molar-refractivity contribution is 7.90. The molecule has 0 aromatic carbocycles. The number of nitrogens with one attached hydrogen (secondary N) is 1. The van der Waals surface area contributed by atoms with Crippen LogP contribution in [0.5, 0.6) is 0 Å². The average Bonchev–Trinajstić information content (AvgIpc) is 1.79. The van der Waals surface area contributed by atoms with E-state index in [-0.39, 0.29) is 6.54 Å². The summed E-state index contributed by atoms with van der Waals surface area (Å²) in [6.07, 6.45) is 0. The van der Waals surface area contributed by atoms with Gasteiger partial charge in [0.2, 0.25) is 10.0 Å². The molecule has 13 heavy (non-hydrogen) atoms. The maximum atomic E-state index is 13.0. The first-order chi connectivity index (χ1) is 5.46. The number of sulfonamides is 1. The maximum absolute atomic E-state index is 13.0. The first kappa shape index (κ1) is 12.8. The number of hydrogen-bond acceptors (Lipinski definition) is 2. The van der Waals surface area contributed by atoms with Gasteiger partial charge in [-0.2, -0.15) is 0 Å². The molecule has 0 heterocycles. The van der Waals surface area contributed by atoms with Gasteiger partial charge in [-0.3, -0.25) is 0 Å². The molecule has 0 aliphatic carbocycles. The molecule has 0 amide bonds. The Labute approximate surface area is 79.8 Å². The third-order valence-corrected chi connectivity index (χ3v) is 3.63. The molecule has 0 radical (unpaired) electrons. The molecule has 80 valence electrons. The first-order valence-electron chi connectivity index (χ1n) is 4.14. The van der Waals surface area contributed by atoms with Gasteiger partial charge in [-0.1, -0.05) is 0 Å². The number of rotatable bonds is 3. The van der Waals surface area contributed by atoms with Gasteiger partial charge < -0.3 is 0 Å². The van der Waals surface area contributed by atoms with Crippen LogP contribution in [-0.2, 0) is 10.0 Å². The van der Waals surface area contributed by atoms with E-state index in [0.717, 1.165) is 0 Å². The lowest BCUT2D eigenvalue weighted by molar-refractivity contribution is 0.220. The quantitative estimate of drug-likeness (QED) is 0.768. The third kappa shape index (κ3) is 4.57. The Kier molecular flexibility index (Phi) is 3.49. The minimum atomic E-state index is -3.42. The standard InChI is InChI=1S/C8H18FNO2S/c1-7(2,3)13(11,12)10-6-8(4,5)9/h10H,6H2,1-5H3. The van der Waals surface area contributed by atoms with Crippen LogP contribution in [0.3, 0.4) is 0 Å². The highest BCUT2D eigenvalue weighted by atomic mass is 32.2. The topological polar surface area (TPSA) is 46.2 Å². The molecule has 3 nitrogen and oxygen atoms in total. The highest BCUT2D eigenvalue weighted by Gasteiger charge is 2.30. The van der Waals surface area contributed by atoms with Crippen LogP contribution >= 0.6 is 0 Å². The van der Waals surface area contributed by atoms with E-state index in [2.05, 4.69) is 4.72 Å². The summed E-state index contributed by atoms with van der Waals surface area (Å²) in [5.74, 6) is 0. The van der Waals surface area contributed by atoms with Crippen molar-refractivity contribution in [2.24, 2.45) is 0 Å². The molecule has 0 aliphatic rings. The highest BCUT2D eigenvalue weighted by Crippen LogP contribution is 2.14. The molecule has 0 aromatic heterocycles. The summed E-state index contributed by atoms with van der Waals surface area (Å²) in [4.78, 5) is 0. The molecule has 1 N–H and O–H groups in total. The molecule has 0 fully saturated rings. The van der Waals surface area contributed by atoms with Crippen molar-refractivity contribution >= 4 is 10.0 Å². The van der Waals surface area contributed by atoms with Crippen LogP contribution in [0, 0.1) is 0 Å². The lowest BCUT2D eigenvalue weighted by Gasteiger charge is -2.22. The van der Waals surface area contributed by atoms with Crippen LogP contribution in [-0.4, -0.2) is 25.4 Å². The largest absolute Gasteiger partial charge is 0.243 e. The molecule has 0 atom stereocenters. The molecular weight excluding hydrogens is 193 g/mol. The second kappa shape index (κ2) is 3.53. The van der Waals surface area contributed by atoms with E-state index in [4.69, 9.17) is 0 Å². The Morgan fingerprint density at radius 2 is 1.54 bits per heavy atom. The summed E-state index contributed by atoms with van der Waals surface area (Å²) < 4.78 is 37.2. The van der Waals surface area contributed by atoms with E-state index >= 15 is 0 Å². The smallest absolute Gasteiger partial charge is 0.216 e. The van der Waals surface area contributed by atoms with Crippen LogP contribution in [0.1, 0.15) is 34.6 Å². The first-order valence-corrected chi connectivity index (χ1v) is 5.62. The summed E-state index contributed by atoms with van der Waals surface area (Å²) in [7, 11) is -3.42. The van der Waals surface area contributed by atoms with Crippen LogP contribution in [0.25, 0.3) is 0 Å². The van der Waals surface area contributed by atoms with Crippen LogP contribution < -0.4 is 4.72 Å². The molecule has 5 heteroatoms. The predicted octanol–water partition coefficient (Wildman–Crippen LogP) is 1.45. The fourth-order valence-electron chi connectivity index (χ4n) is 0.483. The molecular formula is C8H18FNO2S. The predicted molar refractivity (Wildman–Crippen MR) is 51.9 cm³/mol. The fourth-order valence-corrected chi connectivity index (χ4v) is 1.45. The van der Waals surface area contributed by atoms with Crippen molar-refractivity contribution < 1.29 is 12.8 Å². The maximum Gasteiger partial charge on any atom is 0.216 e. The summed E-state index contributed by atoms with van der Waals surface area (Å²) in [5.41, 5.74) is -1.52. The van der Waals surface area contributed by atoms with Gasteiger partial charge in [0.25, 0.3) is 0 Å². The van der Waals surface area contributed by atoms with Gasteiger partial charge in [-0.05, 0) is 34.6 Å². The summed E-state index contributed by atoms with van der Waals surface area (Å²) in [6.45, 7) is 7.19. The minimum absolute atomic E-state index is 0.188. The zero-order valence-electron chi connectivity index (χ0n) is 8.81. The van der Waals surface area contributed by atoms with Crippen molar-refractivity contribution in [1.82, 2.24) is 4.72 Å². The zero-order valence-corrected chi connectivity index (χ0v) is 9.63. The van der Waals surface area contributed by atoms with Crippen molar-refractivity contribution in [2.75, 3.05) is 6.54 Å².